The van der Waals surface area contributed by atoms with E-state index < -0.39 is 5.97 Å². The largest absolute Gasteiger partial charge is 0.489 e. The number of hydrogen-bond acceptors (Lipinski definition) is 5. The van der Waals surface area contributed by atoms with E-state index in [4.69, 9.17) is 14.2 Å². The summed E-state index contributed by atoms with van der Waals surface area (Å²) in [4.78, 5) is 24.4. The van der Waals surface area contributed by atoms with Gasteiger partial charge in [-0.1, -0.05) is 50.6 Å². The van der Waals surface area contributed by atoms with E-state index in [1.54, 1.807) is 48.5 Å². The maximum absolute atomic E-state index is 12.4. The Bertz CT molecular complexity index is 979. The Labute approximate surface area is 182 Å². The van der Waals surface area contributed by atoms with Gasteiger partial charge in [0.1, 0.15) is 18.1 Å². The molecule has 0 N–H and O–H groups in total. The molecule has 0 saturated heterocycles. The SMILES string of the molecule is CC[C@H](C)COC(=O)c1ccc(OC(=O)c2ccc(OCc3ccccc3)cc2)cc1. The first-order chi connectivity index (χ1) is 15.0. The Balaban J connectivity index is 1.52. The van der Waals surface area contributed by atoms with Gasteiger partial charge in [0.05, 0.1) is 17.7 Å². The first kappa shape index (κ1) is 22.1. The summed E-state index contributed by atoms with van der Waals surface area (Å²) in [6.45, 7) is 4.92. The van der Waals surface area contributed by atoms with Crippen LogP contribution >= 0.6 is 0 Å². The second-order valence-corrected chi connectivity index (χ2v) is 7.32. The monoisotopic (exact) mass is 418 g/mol. The van der Waals surface area contributed by atoms with Gasteiger partial charge in [0, 0.05) is 0 Å². The fourth-order valence-corrected chi connectivity index (χ4v) is 2.67. The highest BCUT2D eigenvalue weighted by Crippen LogP contribution is 2.18. The summed E-state index contributed by atoms with van der Waals surface area (Å²) in [5.74, 6) is 0.471. The van der Waals surface area contributed by atoms with Gasteiger partial charge in [-0.05, 0) is 60.0 Å². The average Bonchev–Trinajstić information content (AvgIpc) is 2.82. The van der Waals surface area contributed by atoms with E-state index in [0.717, 1.165) is 12.0 Å². The number of carbonyl (C=O) groups excluding carboxylic acids is 2. The fraction of sp³-hybridized carbons (Fsp3) is 0.231. The molecule has 0 heterocycles. The van der Waals surface area contributed by atoms with Crippen LogP contribution in [-0.2, 0) is 11.3 Å². The van der Waals surface area contributed by atoms with Gasteiger partial charge in [0.25, 0.3) is 0 Å². The van der Waals surface area contributed by atoms with Crippen molar-refractivity contribution in [3.63, 3.8) is 0 Å². The molecule has 0 saturated carbocycles. The second kappa shape index (κ2) is 11.0. The quantitative estimate of drug-likeness (QED) is 0.330. The molecule has 3 aromatic carbocycles. The van der Waals surface area contributed by atoms with Gasteiger partial charge in [0.15, 0.2) is 0 Å². The van der Waals surface area contributed by atoms with Crippen molar-refractivity contribution in [1.82, 2.24) is 0 Å². The third-order valence-corrected chi connectivity index (χ3v) is 4.83. The summed E-state index contributed by atoms with van der Waals surface area (Å²) in [6, 6.07) is 23.0. The minimum atomic E-state index is -0.485. The molecule has 0 aliphatic rings. The molecule has 0 radical (unpaired) electrons. The predicted octanol–water partition coefficient (Wildman–Crippen LogP) is 5.69. The molecule has 0 fully saturated rings. The molecule has 3 aromatic rings. The predicted molar refractivity (Wildman–Crippen MR) is 118 cm³/mol. The second-order valence-electron chi connectivity index (χ2n) is 7.32. The molecule has 5 heteroatoms. The van der Waals surface area contributed by atoms with Crippen molar-refractivity contribution >= 4 is 11.9 Å². The summed E-state index contributed by atoms with van der Waals surface area (Å²) < 4.78 is 16.4. The van der Waals surface area contributed by atoms with Crippen LogP contribution in [-0.4, -0.2) is 18.5 Å². The lowest BCUT2D eigenvalue weighted by molar-refractivity contribution is 0.0447. The molecule has 1 atom stereocenters. The van der Waals surface area contributed by atoms with Crippen molar-refractivity contribution in [2.45, 2.75) is 26.9 Å². The van der Waals surface area contributed by atoms with Gasteiger partial charge in [0.2, 0.25) is 0 Å². The van der Waals surface area contributed by atoms with Crippen molar-refractivity contribution in [1.29, 1.82) is 0 Å². The van der Waals surface area contributed by atoms with E-state index >= 15 is 0 Å². The Morgan fingerprint density at radius 1 is 0.774 bits per heavy atom. The van der Waals surface area contributed by atoms with Crippen LogP contribution in [0.1, 0.15) is 46.5 Å². The Morgan fingerprint density at radius 2 is 1.35 bits per heavy atom. The molecule has 0 aliphatic heterocycles. The number of ether oxygens (including phenoxy) is 3. The highest BCUT2D eigenvalue weighted by molar-refractivity contribution is 5.92. The van der Waals surface area contributed by atoms with E-state index in [2.05, 4.69) is 0 Å². The lowest BCUT2D eigenvalue weighted by atomic mass is 10.1. The Kier molecular flexibility index (Phi) is 7.82. The number of carbonyl (C=O) groups is 2. The summed E-state index contributed by atoms with van der Waals surface area (Å²) in [5.41, 5.74) is 1.89. The van der Waals surface area contributed by atoms with Crippen LogP contribution in [0, 0.1) is 5.92 Å². The van der Waals surface area contributed by atoms with Crippen LogP contribution in [0.5, 0.6) is 11.5 Å². The van der Waals surface area contributed by atoms with E-state index in [-0.39, 0.29) is 5.97 Å². The number of esters is 2. The molecule has 0 spiro atoms. The van der Waals surface area contributed by atoms with Crippen LogP contribution in [0.15, 0.2) is 78.9 Å². The van der Waals surface area contributed by atoms with Gasteiger partial charge in [-0.15, -0.1) is 0 Å². The zero-order valence-corrected chi connectivity index (χ0v) is 17.7. The van der Waals surface area contributed by atoms with Crippen LogP contribution in [0.25, 0.3) is 0 Å². The maximum Gasteiger partial charge on any atom is 0.343 e. The molecule has 5 nitrogen and oxygen atoms in total. The zero-order valence-electron chi connectivity index (χ0n) is 17.7. The molecule has 160 valence electrons. The van der Waals surface area contributed by atoms with E-state index in [1.807, 2.05) is 44.2 Å². The molecule has 0 bridgehead atoms. The van der Waals surface area contributed by atoms with Crippen LogP contribution in [0.4, 0.5) is 0 Å². The molecule has 0 unspecified atom stereocenters. The summed E-state index contributed by atoms with van der Waals surface area (Å²) >= 11 is 0. The minimum absolute atomic E-state index is 0.319. The van der Waals surface area contributed by atoms with Gasteiger partial charge in [-0.25, -0.2) is 9.59 Å². The van der Waals surface area contributed by atoms with Crippen molar-refractivity contribution in [3.05, 3.63) is 95.6 Å². The highest BCUT2D eigenvalue weighted by atomic mass is 16.5. The number of rotatable bonds is 9. The van der Waals surface area contributed by atoms with Crippen LogP contribution in [0.3, 0.4) is 0 Å². The Morgan fingerprint density at radius 3 is 1.97 bits per heavy atom. The molecule has 3 rings (SSSR count). The van der Waals surface area contributed by atoms with E-state index in [9.17, 15) is 9.59 Å². The van der Waals surface area contributed by atoms with Crippen LogP contribution in [0.2, 0.25) is 0 Å². The lowest BCUT2D eigenvalue weighted by Gasteiger charge is -2.10. The average molecular weight is 418 g/mol. The van der Waals surface area contributed by atoms with Crippen molar-refractivity contribution in [3.8, 4) is 11.5 Å². The number of benzene rings is 3. The molecule has 0 aromatic heterocycles. The third kappa shape index (κ3) is 6.71. The summed E-state index contributed by atoms with van der Waals surface area (Å²) in [6.07, 6.45) is 0.947. The fourth-order valence-electron chi connectivity index (χ4n) is 2.67. The Hall–Kier alpha value is -3.60. The van der Waals surface area contributed by atoms with Crippen molar-refractivity contribution in [2.24, 2.45) is 5.92 Å². The molecular formula is C26H26O5. The van der Waals surface area contributed by atoms with Gasteiger partial charge in [-0.3, -0.25) is 0 Å². The van der Waals surface area contributed by atoms with Crippen molar-refractivity contribution in [2.75, 3.05) is 6.61 Å². The topological polar surface area (TPSA) is 61.8 Å². The van der Waals surface area contributed by atoms with E-state index in [1.165, 1.54) is 0 Å². The van der Waals surface area contributed by atoms with Crippen LogP contribution < -0.4 is 9.47 Å². The maximum atomic E-state index is 12.4. The minimum Gasteiger partial charge on any atom is -0.489 e. The molecule has 0 amide bonds. The summed E-state index contributed by atoms with van der Waals surface area (Å²) in [5, 5.41) is 0. The van der Waals surface area contributed by atoms with E-state index in [0.29, 0.717) is 41.8 Å². The standard InChI is InChI=1S/C26H26O5/c1-3-19(2)17-30-25(27)21-11-15-24(16-12-21)31-26(28)22-9-13-23(14-10-22)29-18-20-7-5-4-6-8-20/h4-16,19H,3,17-18H2,1-2H3/t19-/m0/s1. The summed E-state index contributed by atoms with van der Waals surface area (Å²) in [7, 11) is 0. The van der Waals surface area contributed by atoms with Gasteiger partial charge < -0.3 is 14.2 Å². The van der Waals surface area contributed by atoms with Gasteiger partial charge >= 0.3 is 11.9 Å². The number of hydrogen-bond donors (Lipinski definition) is 0. The zero-order chi connectivity index (χ0) is 22.1. The first-order valence-electron chi connectivity index (χ1n) is 10.3. The normalized spacial score (nSPS) is 11.4. The van der Waals surface area contributed by atoms with Crippen molar-refractivity contribution < 1.29 is 23.8 Å². The lowest BCUT2D eigenvalue weighted by Crippen LogP contribution is -2.12. The van der Waals surface area contributed by atoms with Gasteiger partial charge in [-0.2, -0.15) is 0 Å². The molecule has 31 heavy (non-hydrogen) atoms. The molecular weight excluding hydrogens is 392 g/mol. The first-order valence-corrected chi connectivity index (χ1v) is 10.3. The molecule has 0 aliphatic carbocycles. The smallest absolute Gasteiger partial charge is 0.343 e. The highest BCUT2D eigenvalue weighted by Gasteiger charge is 2.12. The third-order valence-electron chi connectivity index (χ3n) is 4.83.